The summed E-state index contributed by atoms with van der Waals surface area (Å²) in [6, 6.07) is 30.4. The van der Waals surface area contributed by atoms with Crippen molar-refractivity contribution in [1.29, 1.82) is 0 Å². The Morgan fingerprint density at radius 3 is 2.07 bits per heavy atom. The normalized spacial score (nSPS) is 14.2. The predicted octanol–water partition coefficient (Wildman–Crippen LogP) is 6.45. The third-order valence-corrected chi connectivity index (χ3v) is 10.3. The van der Waals surface area contributed by atoms with Crippen LogP contribution in [0.15, 0.2) is 108 Å². The second kappa shape index (κ2) is 14.9. The highest BCUT2D eigenvalue weighted by molar-refractivity contribution is 7.89. The fraction of sp³-hybridized carbons (Fsp3) is 0.278. The van der Waals surface area contributed by atoms with Crippen LogP contribution in [0, 0.1) is 6.92 Å². The quantitative estimate of drug-likeness (QED) is 0.192. The van der Waals surface area contributed by atoms with Gasteiger partial charge >= 0.3 is 0 Å². The maximum atomic E-state index is 14.0. The number of aryl methyl sites for hydroxylation is 2. The van der Waals surface area contributed by atoms with E-state index in [1.54, 1.807) is 41.3 Å². The zero-order valence-corrected chi connectivity index (χ0v) is 26.9. The van der Waals surface area contributed by atoms with Crippen LogP contribution in [-0.4, -0.2) is 42.5 Å². The van der Waals surface area contributed by atoms with E-state index in [1.807, 2.05) is 73.7 Å². The Kier molecular flexibility index (Phi) is 10.7. The number of rotatable bonds is 12. The van der Waals surface area contributed by atoms with Crippen LogP contribution in [0.3, 0.4) is 0 Å². The van der Waals surface area contributed by atoms with E-state index in [-0.39, 0.29) is 29.7 Å². The molecule has 9 heteroatoms. The minimum atomic E-state index is -3.51. The molecule has 4 aromatic rings. The summed E-state index contributed by atoms with van der Waals surface area (Å²) in [4.78, 5) is 29.8. The summed E-state index contributed by atoms with van der Waals surface area (Å²) in [7, 11) is -3.51. The molecule has 7 nitrogen and oxygen atoms in total. The molecule has 2 amide bonds. The molecular weight excluding hydrogens is 606 g/mol. The Hall–Kier alpha value is -3.98. The summed E-state index contributed by atoms with van der Waals surface area (Å²) in [5.74, 6) is -0.474. The van der Waals surface area contributed by atoms with Crippen LogP contribution in [0.1, 0.15) is 53.1 Å². The van der Waals surface area contributed by atoms with Crippen molar-refractivity contribution in [1.82, 2.24) is 14.5 Å². The van der Waals surface area contributed by atoms with Crippen LogP contribution in [0.25, 0.3) is 0 Å². The van der Waals surface area contributed by atoms with E-state index in [9.17, 15) is 18.0 Å². The average Bonchev–Trinajstić information content (AvgIpc) is 3.61. The molecule has 0 saturated carbocycles. The predicted molar refractivity (Wildman–Crippen MR) is 177 cm³/mol. The molecule has 45 heavy (non-hydrogen) atoms. The number of nitrogens with zero attached hydrogens (tertiary/aromatic N) is 2. The molecule has 0 aliphatic carbocycles. The van der Waals surface area contributed by atoms with Gasteiger partial charge in [-0.15, -0.1) is 0 Å². The van der Waals surface area contributed by atoms with Crippen LogP contribution in [0.2, 0.25) is 5.02 Å². The Balaban J connectivity index is 1.37. The monoisotopic (exact) mass is 643 g/mol. The molecule has 1 N–H and O–H groups in total. The highest BCUT2D eigenvalue weighted by Gasteiger charge is 2.31. The van der Waals surface area contributed by atoms with Crippen molar-refractivity contribution in [3.8, 4) is 0 Å². The van der Waals surface area contributed by atoms with Crippen LogP contribution < -0.4 is 5.32 Å². The molecule has 0 aromatic heterocycles. The lowest BCUT2D eigenvalue weighted by Crippen LogP contribution is -2.43. The number of nitrogens with one attached hydrogen (secondary N) is 1. The van der Waals surface area contributed by atoms with Gasteiger partial charge in [-0.1, -0.05) is 96.0 Å². The third kappa shape index (κ3) is 8.39. The molecule has 1 atom stereocenters. The zero-order chi connectivity index (χ0) is 31.8. The Morgan fingerprint density at radius 1 is 0.822 bits per heavy atom. The molecule has 4 aromatic carbocycles. The van der Waals surface area contributed by atoms with Gasteiger partial charge in [0.25, 0.3) is 0 Å². The van der Waals surface area contributed by atoms with E-state index in [2.05, 4.69) is 5.32 Å². The molecule has 0 radical (unpaired) electrons. The number of amides is 2. The van der Waals surface area contributed by atoms with Crippen LogP contribution in [0.5, 0.6) is 0 Å². The van der Waals surface area contributed by atoms with E-state index in [1.165, 1.54) is 4.31 Å². The lowest BCUT2D eigenvalue weighted by Gasteiger charge is -2.32. The Morgan fingerprint density at radius 2 is 1.42 bits per heavy atom. The topological polar surface area (TPSA) is 86.8 Å². The molecule has 5 rings (SSSR count). The van der Waals surface area contributed by atoms with Gasteiger partial charge < -0.3 is 10.2 Å². The third-order valence-electron chi connectivity index (χ3n) is 8.10. The first kappa shape index (κ1) is 32.4. The molecule has 0 bridgehead atoms. The van der Waals surface area contributed by atoms with Gasteiger partial charge in [0.15, 0.2) is 0 Å². The van der Waals surface area contributed by atoms with E-state index >= 15 is 0 Å². The van der Waals surface area contributed by atoms with Crippen molar-refractivity contribution in [2.24, 2.45) is 0 Å². The summed E-state index contributed by atoms with van der Waals surface area (Å²) >= 11 is 6.14. The summed E-state index contributed by atoms with van der Waals surface area (Å²) in [5.41, 5.74) is 4.49. The number of halogens is 1. The fourth-order valence-electron chi connectivity index (χ4n) is 5.51. The van der Waals surface area contributed by atoms with Crippen molar-refractivity contribution < 1.29 is 18.0 Å². The van der Waals surface area contributed by atoms with Gasteiger partial charge in [-0.05, 0) is 72.7 Å². The van der Waals surface area contributed by atoms with E-state index in [0.717, 1.165) is 35.1 Å². The number of hydrogen-bond donors (Lipinski definition) is 1. The van der Waals surface area contributed by atoms with E-state index in [0.29, 0.717) is 36.6 Å². The molecule has 1 saturated heterocycles. The first-order valence-corrected chi connectivity index (χ1v) is 17.0. The van der Waals surface area contributed by atoms with Crippen molar-refractivity contribution in [3.05, 3.63) is 136 Å². The van der Waals surface area contributed by atoms with Gasteiger partial charge in [0.05, 0.1) is 4.90 Å². The van der Waals surface area contributed by atoms with Gasteiger partial charge in [-0.3, -0.25) is 9.59 Å². The fourth-order valence-corrected chi connectivity index (χ4v) is 7.15. The maximum absolute atomic E-state index is 14.0. The van der Waals surface area contributed by atoms with Gasteiger partial charge in [0.2, 0.25) is 21.8 Å². The maximum Gasteiger partial charge on any atom is 0.247 e. The number of hydrogen-bond acceptors (Lipinski definition) is 4. The number of sulfonamides is 1. The molecule has 1 aliphatic heterocycles. The summed E-state index contributed by atoms with van der Waals surface area (Å²) in [6.07, 6.45) is 2.28. The first-order chi connectivity index (χ1) is 21.7. The molecule has 0 spiro atoms. The Labute approximate surface area is 270 Å². The smallest absolute Gasteiger partial charge is 0.247 e. The number of carbonyl (C=O) groups excluding carboxylic acids is 2. The van der Waals surface area contributed by atoms with E-state index < -0.39 is 16.1 Å². The molecule has 0 unspecified atom stereocenters. The second-order valence-corrected chi connectivity index (χ2v) is 13.8. The summed E-state index contributed by atoms with van der Waals surface area (Å²) < 4.78 is 27.4. The number of benzene rings is 4. The molecule has 1 heterocycles. The lowest BCUT2D eigenvalue weighted by atomic mass is 10.0. The minimum absolute atomic E-state index is 0.139. The van der Waals surface area contributed by atoms with Gasteiger partial charge in [-0.25, -0.2) is 8.42 Å². The van der Waals surface area contributed by atoms with Crippen molar-refractivity contribution in [3.63, 3.8) is 0 Å². The van der Waals surface area contributed by atoms with Crippen LogP contribution in [-0.2, 0) is 39.1 Å². The molecular formula is C36H38ClN3O4S. The Bertz CT molecular complexity index is 1690. The largest absolute Gasteiger partial charge is 0.350 e. The standard InChI is InChI=1S/C36H38ClN3O4S/c1-27-9-11-29(12-10-27)25-38-36(42)35(31-7-3-2-4-8-31)40(26-30-13-18-32(37)19-14-30)34(41)22-17-28-15-20-33(21-16-28)45(43,44)39-23-5-6-24-39/h2-4,7-16,18-21,35H,5-6,17,22-26H2,1H3,(H,38,42)/t35-/m1/s1. The SMILES string of the molecule is Cc1ccc(CNC(=O)[C@@H](c2ccccc2)N(Cc2ccc(Cl)cc2)C(=O)CCc2ccc(S(=O)(=O)N3CCCC3)cc2)cc1. The van der Waals surface area contributed by atoms with Crippen molar-refractivity contribution in [2.75, 3.05) is 13.1 Å². The van der Waals surface area contributed by atoms with Gasteiger partial charge in [0, 0.05) is 37.6 Å². The molecule has 1 fully saturated rings. The highest BCUT2D eigenvalue weighted by Crippen LogP contribution is 2.27. The highest BCUT2D eigenvalue weighted by atomic mass is 35.5. The number of carbonyl (C=O) groups is 2. The molecule has 1 aliphatic rings. The van der Waals surface area contributed by atoms with Crippen LogP contribution in [0.4, 0.5) is 0 Å². The van der Waals surface area contributed by atoms with Crippen molar-refractivity contribution in [2.45, 2.75) is 56.6 Å². The lowest BCUT2D eigenvalue weighted by molar-refractivity contribution is -0.141. The first-order valence-electron chi connectivity index (χ1n) is 15.2. The molecule has 234 valence electrons. The van der Waals surface area contributed by atoms with Crippen molar-refractivity contribution >= 4 is 33.4 Å². The van der Waals surface area contributed by atoms with Gasteiger partial charge in [0.1, 0.15) is 6.04 Å². The van der Waals surface area contributed by atoms with E-state index in [4.69, 9.17) is 11.6 Å². The zero-order valence-electron chi connectivity index (χ0n) is 25.4. The minimum Gasteiger partial charge on any atom is -0.350 e. The van der Waals surface area contributed by atoms with Crippen LogP contribution >= 0.6 is 11.6 Å². The second-order valence-electron chi connectivity index (χ2n) is 11.4. The average molecular weight is 644 g/mol. The van der Waals surface area contributed by atoms with Gasteiger partial charge in [-0.2, -0.15) is 4.31 Å². The summed E-state index contributed by atoms with van der Waals surface area (Å²) in [5, 5.41) is 3.64. The summed E-state index contributed by atoms with van der Waals surface area (Å²) in [6.45, 7) is 3.64.